The number of nitrogens with zero attached hydrogens (tertiary/aromatic N) is 2. The Morgan fingerprint density at radius 3 is 2.85 bits per heavy atom. The molecule has 0 aliphatic carbocycles. The average molecular weight is 277 g/mol. The minimum Gasteiger partial charge on any atom is -0.491 e. The van der Waals surface area contributed by atoms with E-state index in [1.54, 1.807) is 31.2 Å². The van der Waals surface area contributed by atoms with Crippen LogP contribution in [0.4, 0.5) is 10.2 Å². The molecule has 0 saturated heterocycles. The summed E-state index contributed by atoms with van der Waals surface area (Å²) in [5.74, 6) is -0.101. The Bertz CT molecular complexity index is 610. The lowest BCUT2D eigenvalue weighted by molar-refractivity contribution is 0.0879. The number of aromatic nitrogens is 2. The van der Waals surface area contributed by atoms with Crippen molar-refractivity contribution < 1.29 is 13.9 Å². The van der Waals surface area contributed by atoms with Gasteiger partial charge in [0.2, 0.25) is 5.91 Å². The Morgan fingerprint density at radius 1 is 1.45 bits per heavy atom. The maximum atomic E-state index is 13.3. The summed E-state index contributed by atoms with van der Waals surface area (Å²) in [6.07, 6.45) is 0.700. The molecule has 0 unspecified atom stereocenters. The molecule has 0 aliphatic rings. The summed E-state index contributed by atoms with van der Waals surface area (Å²) < 4.78 is 19.7. The summed E-state index contributed by atoms with van der Waals surface area (Å²) >= 11 is 0. The van der Waals surface area contributed by atoms with Crippen molar-refractivity contribution in [3.8, 4) is 5.75 Å². The van der Waals surface area contributed by atoms with Crippen LogP contribution in [0, 0.1) is 12.7 Å². The molecule has 0 radical (unpaired) electrons. The van der Waals surface area contributed by atoms with Crippen molar-refractivity contribution in [2.24, 2.45) is 0 Å². The van der Waals surface area contributed by atoms with Crippen LogP contribution in [0.25, 0.3) is 0 Å². The third kappa shape index (κ3) is 3.34. The summed E-state index contributed by atoms with van der Waals surface area (Å²) in [6.45, 7) is 2.02. The zero-order valence-electron chi connectivity index (χ0n) is 11.2. The highest BCUT2D eigenvalue weighted by atomic mass is 19.1. The molecule has 0 atom stereocenters. The van der Waals surface area contributed by atoms with Crippen LogP contribution < -0.4 is 10.5 Å². The second kappa shape index (κ2) is 6.18. The first-order valence-electron chi connectivity index (χ1n) is 6.30. The molecule has 1 aromatic carbocycles. The van der Waals surface area contributed by atoms with Gasteiger partial charge in [0.1, 0.15) is 5.82 Å². The lowest BCUT2D eigenvalue weighted by atomic mass is 10.3. The third-order valence-electron chi connectivity index (χ3n) is 2.72. The van der Waals surface area contributed by atoms with Crippen LogP contribution in [0.3, 0.4) is 0 Å². The number of halogens is 1. The van der Waals surface area contributed by atoms with Gasteiger partial charge in [0.05, 0.1) is 12.3 Å². The molecule has 6 heteroatoms. The Kier molecular flexibility index (Phi) is 4.34. The number of hydrogen-bond acceptors (Lipinski definition) is 4. The van der Waals surface area contributed by atoms with E-state index >= 15 is 0 Å². The second-order valence-electron chi connectivity index (χ2n) is 4.40. The Hall–Kier alpha value is -2.37. The fourth-order valence-corrected chi connectivity index (χ4v) is 1.79. The fourth-order valence-electron chi connectivity index (χ4n) is 1.79. The van der Waals surface area contributed by atoms with E-state index in [9.17, 15) is 9.18 Å². The maximum Gasteiger partial charge on any atom is 0.248 e. The molecular weight excluding hydrogens is 261 g/mol. The zero-order chi connectivity index (χ0) is 14.5. The van der Waals surface area contributed by atoms with E-state index in [0.29, 0.717) is 17.9 Å². The number of hydrogen-bond donors (Lipinski definition) is 1. The number of ether oxygens (including phenoxy) is 1. The van der Waals surface area contributed by atoms with Crippen molar-refractivity contribution in [1.82, 2.24) is 9.78 Å². The lowest BCUT2D eigenvalue weighted by Gasteiger charge is -2.07. The number of aryl methyl sites for hydroxylation is 1. The van der Waals surface area contributed by atoms with Gasteiger partial charge in [0, 0.05) is 12.5 Å². The predicted octanol–water partition coefficient (Wildman–Crippen LogP) is 2.41. The normalized spacial score (nSPS) is 10.5. The van der Waals surface area contributed by atoms with Gasteiger partial charge in [-0.15, -0.1) is 0 Å². The number of rotatable bonds is 5. The van der Waals surface area contributed by atoms with Crippen LogP contribution in [0.5, 0.6) is 5.75 Å². The van der Waals surface area contributed by atoms with Gasteiger partial charge in [0.25, 0.3) is 0 Å². The molecule has 2 aromatic rings. The monoisotopic (exact) mass is 277 g/mol. The molecule has 0 fully saturated rings. The minimum absolute atomic E-state index is 0.189. The van der Waals surface area contributed by atoms with E-state index in [1.165, 1.54) is 10.7 Å². The largest absolute Gasteiger partial charge is 0.491 e. The maximum absolute atomic E-state index is 13.3. The lowest BCUT2D eigenvalue weighted by Crippen LogP contribution is -2.16. The molecule has 20 heavy (non-hydrogen) atoms. The molecule has 0 bridgehead atoms. The van der Waals surface area contributed by atoms with E-state index in [1.807, 2.05) is 0 Å². The summed E-state index contributed by atoms with van der Waals surface area (Å²) in [6, 6.07) is 7.79. The van der Waals surface area contributed by atoms with Gasteiger partial charge in [-0.2, -0.15) is 9.78 Å². The number of carbonyl (C=O) groups excluding carboxylic acids is 1. The SMILES string of the molecule is Cc1cc(N)n(C(=O)CCCOc2ccccc2F)n1. The van der Waals surface area contributed by atoms with Crippen molar-refractivity contribution in [3.05, 3.63) is 41.8 Å². The van der Waals surface area contributed by atoms with Gasteiger partial charge in [-0.05, 0) is 25.5 Å². The van der Waals surface area contributed by atoms with E-state index in [-0.39, 0.29) is 24.7 Å². The Morgan fingerprint density at radius 2 is 2.20 bits per heavy atom. The van der Waals surface area contributed by atoms with Gasteiger partial charge in [-0.25, -0.2) is 4.39 Å². The molecule has 0 amide bonds. The highest BCUT2D eigenvalue weighted by molar-refractivity contribution is 5.80. The molecule has 1 heterocycles. The number of carbonyl (C=O) groups is 1. The smallest absolute Gasteiger partial charge is 0.248 e. The highest BCUT2D eigenvalue weighted by Crippen LogP contribution is 2.15. The summed E-state index contributed by atoms with van der Waals surface area (Å²) in [5, 5.41) is 4.00. The van der Waals surface area contributed by atoms with E-state index in [0.717, 1.165) is 0 Å². The van der Waals surface area contributed by atoms with Gasteiger partial charge in [0.15, 0.2) is 11.6 Å². The topological polar surface area (TPSA) is 70.1 Å². The molecule has 1 aromatic heterocycles. The van der Waals surface area contributed by atoms with Crippen molar-refractivity contribution in [1.29, 1.82) is 0 Å². The molecule has 0 saturated carbocycles. The van der Waals surface area contributed by atoms with Crippen LogP contribution >= 0.6 is 0 Å². The van der Waals surface area contributed by atoms with Gasteiger partial charge >= 0.3 is 0 Å². The van der Waals surface area contributed by atoms with Crippen LogP contribution in [-0.2, 0) is 0 Å². The molecule has 0 aliphatic heterocycles. The van der Waals surface area contributed by atoms with Crippen molar-refractivity contribution >= 4 is 11.7 Å². The first-order valence-corrected chi connectivity index (χ1v) is 6.30. The summed E-state index contributed by atoms with van der Waals surface area (Å²) in [4.78, 5) is 11.8. The number of nitrogen functional groups attached to an aromatic ring is 1. The van der Waals surface area contributed by atoms with Gasteiger partial charge < -0.3 is 10.5 Å². The molecular formula is C14H16FN3O2. The molecule has 5 nitrogen and oxygen atoms in total. The quantitative estimate of drug-likeness (QED) is 0.852. The molecule has 0 spiro atoms. The van der Waals surface area contributed by atoms with E-state index in [4.69, 9.17) is 10.5 Å². The van der Waals surface area contributed by atoms with E-state index < -0.39 is 5.82 Å². The first-order chi connectivity index (χ1) is 9.58. The van der Waals surface area contributed by atoms with Gasteiger partial charge in [-0.1, -0.05) is 12.1 Å². The van der Waals surface area contributed by atoms with Crippen LogP contribution in [-0.4, -0.2) is 22.3 Å². The fraction of sp³-hybridized carbons (Fsp3) is 0.286. The summed E-state index contributed by atoms with van der Waals surface area (Å²) in [5.41, 5.74) is 6.35. The Balaban J connectivity index is 1.80. The predicted molar refractivity (Wildman–Crippen MR) is 73.1 cm³/mol. The van der Waals surface area contributed by atoms with Crippen LogP contribution in [0.1, 0.15) is 23.3 Å². The number of para-hydroxylation sites is 1. The number of anilines is 1. The zero-order valence-corrected chi connectivity index (χ0v) is 11.2. The van der Waals surface area contributed by atoms with Crippen molar-refractivity contribution in [2.45, 2.75) is 19.8 Å². The highest BCUT2D eigenvalue weighted by Gasteiger charge is 2.10. The van der Waals surface area contributed by atoms with Crippen molar-refractivity contribution in [2.75, 3.05) is 12.3 Å². The average Bonchev–Trinajstić information content (AvgIpc) is 2.75. The Labute approximate surface area is 116 Å². The van der Waals surface area contributed by atoms with Crippen LogP contribution in [0.2, 0.25) is 0 Å². The minimum atomic E-state index is -0.411. The van der Waals surface area contributed by atoms with E-state index in [2.05, 4.69) is 5.10 Å². The molecule has 106 valence electrons. The third-order valence-corrected chi connectivity index (χ3v) is 2.72. The second-order valence-corrected chi connectivity index (χ2v) is 4.40. The number of benzene rings is 1. The number of nitrogens with two attached hydrogens (primary N) is 1. The molecule has 2 rings (SSSR count). The standard InChI is InChI=1S/C14H16FN3O2/c1-10-9-13(16)18(17-10)14(19)7-4-8-20-12-6-3-2-5-11(12)15/h2-3,5-6,9H,4,7-8,16H2,1H3. The molecule has 2 N–H and O–H groups in total. The van der Waals surface area contributed by atoms with Crippen molar-refractivity contribution in [3.63, 3.8) is 0 Å². The van der Waals surface area contributed by atoms with Crippen LogP contribution in [0.15, 0.2) is 30.3 Å². The first kappa shape index (κ1) is 14.0. The summed E-state index contributed by atoms with van der Waals surface area (Å²) in [7, 11) is 0. The van der Waals surface area contributed by atoms with Gasteiger partial charge in [-0.3, -0.25) is 4.79 Å².